The first-order valence-corrected chi connectivity index (χ1v) is 11.3. The van der Waals surface area contributed by atoms with E-state index in [-0.39, 0.29) is 35.7 Å². The van der Waals surface area contributed by atoms with Crippen molar-refractivity contribution in [1.29, 1.82) is 0 Å². The maximum atomic E-state index is 13.7. The Bertz CT molecular complexity index is 954. The molecule has 3 aliphatic carbocycles. The van der Waals surface area contributed by atoms with Crippen molar-refractivity contribution in [3.63, 3.8) is 0 Å². The van der Waals surface area contributed by atoms with Crippen molar-refractivity contribution in [3.8, 4) is 5.75 Å². The van der Waals surface area contributed by atoms with Gasteiger partial charge in [0.05, 0.1) is 10.2 Å². The minimum absolute atomic E-state index is 0.0353. The molecule has 0 bridgehead atoms. The molecule has 1 N–H and O–H groups in total. The van der Waals surface area contributed by atoms with Crippen LogP contribution in [0, 0.1) is 23.1 Å². The molecule has 29 heavy (non-hydrogen) atoms. The number of thiazole rings is 1. The fourth-order valence-electron chi connectivity index (χ4n) is 5.29. The van der Waals surface area contributed by atoms with Gasteiger partial charge in [0.25, 0.3) is 0 Å². The highest BCUT2D eigenvalue weighted by Gasteiger charge is 2.54. The topological polar surface area (TPSA) is 68.3 Å². The number of nitrogens with one attached hydrogen (secondary N) is 1. The maximum Gasteiger partial charge on any atom is 0.223 e. The molecule has 0 atom stereocenters. The Morgan fingerprint density at radius 1 is 1.24 bits per heavy atom. The van der Waals surface area contributed by atoms with E-state index in [1.165, 1.54) is 23.5 Å². The highest BCUT2D eigenvalue weighted by Crippen LogP contribution is 2.59. The molecule has 3 fully saturated rings. The van der Waals surface area contributed by atoms with Crippen LogP contribution in [0.4, 0.5) is 4.39 Å². The number of amides is 1. The Morgan fingerprint density at radius 3 is 2.72 bits per heavy atom. The average molecular weight is 417 g/mol. The largest absolute Gasteiger partial charge is 0.488 e. The Balaban J connectivity index is 1.07. The van der Waals surface area contributed by atoms with Crippen LogP contribution in [-0.4, -0.2) is 28.8 Å². The predicted molar refractivity (Wildman–Crippen MR) is 108 cm³/mol. The lowest BCUT2D eigenvalue weighted by molar-refractivity contribution is -0.141. The first-order valence-electron chi connectivity index (χ1n) is 10.5. The third kappa shape index (κ3) is 3.43. The standard InChI is InChI=1S/C22H25FN2O3S/c1-2-17(26)13-7-22(8-13)9-15(10-22)25-21(27)12-3-16(4-12)28-18-5-14(23)6-19-20(18)24-11-29-19/h5-6,11-13,15-16H,2-4,7-10H2,1H3,(H,25,27)/t12-,13?,15?,16-,22?. The minimum Gasteiger partial charge on any atom is -0.488 e. The summed E-state index contributed by atoms with van der Waals surface area (Å²) in [4.78, 5) is 28.5. The Hall–Kier alpha value is -2.02. The molecular weight excluding hydrogens is 391 g/mol. The van der Waals surface area contributed by atoms with E-state index in [1.54, 1.807) is 5.51 Å². The SMILES string of the molecule is CCC(=O)C1CC2(CC(NC(=O)[C@H]3C[C@H](Oc4cc(F)cc5scnc45)C3)C2)C1. The Labute approximate surface area is 173 Å². The number of carbonyl (C=O) groups excluding carboxylic acids is 2. The van der Waals surface area contributed by atoms with Crippen LogP contribution in [0.2, 0.25) is 0 Å². The molecule has 1 aromatic carbocycles. The third-order valence-electron chi connectivity index (χ3n) is 6.99. The Kier molecular flexibility index (Phi) is 4.61. The molecule has 1 spiro atoms. The van der Waals surface area contributed by atoms with Crippen molar-refractivity contribution < 1.29 is 18.7 Å². The van der Waals surface area contributed by atoms with Crippen LogP contribution in [-0.2, 0) is 9.59 Å². The number of fused-ring (bicyclic) bond motifs is 1. The lowest BCUT2D eigenvalue weighted by Crippen LogP contribution is -2.58. The number of ketones is 1. The lowest BCUT2D eigenvalue weighted by Gasteiger charge is -2.57. The summed E-state index contributed by atoms with van der Waals surface area (Å²) in [6.07, 6.45) is 5.88. The van der Waals surface area contributed by atoms with Gasteiger partial charge in [-0.15, -0.1) is 11.3 Å². The smallest absolute Gasteiger partial charge is 0.223 e. The number of halogens is 1. The van der Waals surface area contributed by atoms with E-state index in [0.717, 1.165) is 30.4 Å². The average Bonchev–Trinajstić information content (AvgIpc) is 3.05. The van der Waals surface area contributed by atoms with Crippen LogP contribution in [0.5, 0.6) is 5.75 Å². The zero-order chi connectivity index (χ0) is 20.2. The van der Waals surface area contributed by atoms with Gasteiger partial charge in [0, 0.05) is 30.4 Å². The summed E-state index contributed by atoms with van der Waals surface area (Å²) in [7, 11) is 0. The molecule has 154 valence electrons. The molecule has 7 heteroatoms. The molecule has 3 aliphatic rings. The van der Waals surface area contributed by atoms with Crippen molar-refractivity contribution in [1.82, 2.24) is 10.3 Å². The molecule has 1 heterocycles. The first-order chi connectivity index (χ1) is 13.9. The number of hydrogen-bond acceptors (Lipinski definition) is 5. The van der Waals surface area contributed by atoms with E-state index < -0.39 is 0 Å². The van der Waals surface area contributed by atoms with E-state index in [2.05, 4.69) is 10.3 Å². The summed E-state index contributed by atoms with van der Waals surface area (Å²) >= 11 is 1.38. The highest BCUT2D eigenvalue weighted by atomic mass is 32.1. The number of aromatic nitrogens is 1. The maximum absolute atomic E-state index is 13.7. The van der Waals surface area contributed by atoms with E-state index in [1.807, 2.05) is 6.92 Å². The van der Waals surface area contributed by atoms with Crippen molar-refractivity contribution in [3.05, 3.63) is 23.5 Å². The van der Waals surface area contributed by atoms with Crippen molar-refractivity contribution in [2.45, 2.75) is 64.0 Å². The molecule has 2 aromatic rings. The number of carbonyl (C=O) groups is 2. The van der Waals surface area contributed by atoms with Crippen molar-refractivity contribution in [2.24, 2.45) is 17.3 Å². The number of nitrogens with zero attached hydrogens (tertiary/aromatic N) is 1. The van der Waals surface area contributed by atoms with Gasteiger partial charge in [0.2, 0.25) is 5.91 Å². The summed E-state index contributed by atoms with van der Waals surface area (Å²) in [5, 5.41) is 3.17. The highest BCUT2D eigenvalue weighted by molar-refractivity contribution is 7.16. The van der Waals surface area contributed by atoms with Gasteiger partial charge in [-0.1, -0.05) is 6.92 Å². The molecule has 3 saturated carbocycles. The second kappa shape index (κ2) is 7.04. The minimum atomic E-state index is -0.330. The number of ether oxygens (including phenoxy) is 1. The van der Waals surface area contributed by atoms with Crippen LogP contribution in [0.15, 0.2) is 17.6 Å². The third-order valence-corrected chi connectivity index (χ3v) is 7.77. The van der Waals surface area contributed by atoms with E-state index in [4.69, 9.17) is 4.74 Å². The van der Waals surface area contributed by atoms with Gasteiger partial charge in [-0.3, -0.25) is 9.59 Å². The van der Waals surface area contributed by atoms with Crippen LogP contribution >= 0.6 is 11.3 Å². The summed E-state index contributed by atoms with van der Waals surface area (Å²) in [5.41, 5.74) is 2.68. The molecule has 0 aliphatic heterocycles. The summed E-state index contributed by atoms with van der Waals surface area (Å²) in [6.45, 7) is 1.93. The second-order valence-corrected chi connectivity index (χ2v) is 9.94. The molecule has 5 rings (SSSR count). The number of hydrogen-bond donors (Lipinski definition) is 1. The normalized spacial score (nSPS) is 32.9. The summed E-state index contributed by atoms with van der Waals surface area (Å²) < 4.78 is 20.4. The van der Waals surface area contributed by atoms with E-state index in [9.17, 15) is 14.0 Å². The van der Waals surface area contributed by atoms with Crippen LogP contribution in [0.25, 0.3) is 10.2 Å². The second-order valence-electron chi connectivity index (χ2n) is 9.05. The molecule has 0 saturated heterocycles. The van der Waals surface area contributed by atoms with Crippen molar-refractivity contribution >= 4 is 33.2 Å². The fraction of sp³-hybridized carbons (Fsp3) is 0.591. The predicted octanol–water partition coefficient (Wildman–Crippen LogP) is 4.25. The number of Topliss-reactive ketones (excluding diaryl/α,β-unsaturated/α-hetero) is 1. The zero-order valence-corrected chi connectivity index (χ0v) is 17.3. The van der Waals surface area contributed by atoms with Gasteiger partial charge in [-0.2, -0.15) is 0 Å². The van der Waals surface area contributed by atoms with Crippen LogP contribution in [0.1, 0.15) is 51.9 Å². The van der Waals surface area contributed by atoms with Crippen LogP contribution in [0.3, 0.4) is 0 Å². The summed E-state index contributed by atoms with van der Waals surface area (Å²) in [5.74, 6) is 0.843. The van der Waals surface area contributed by atoms with Gasteiger partial charge in [0.1, 0.15) is 29.0 Å². The molecule has 5 nitrogen and oxygen atoms in total. The van der Waals surface area contributed by atoms with Gasteiger partial charge in [0.15, 0.2) is 0 Å². The summed E-state index contributed by atoms with van der Waals surface area (Å²) in [6, 6.07) is 3.08. The fourth-order valence-corrected chi connectivity index (χ4v) is 6.01. The van der Waals surface area contributed by atoms with E-state index in [0.29, 0.717) is 41.7 Å². The van der Waals surface area contributed by atoms with Gasteiger partial charge >= 0.3 is 0 Å². The van der Waals surface area contributed by atoms with Crippen LogP contribution < -0.4 is 10.1 Å². The van der Waals surface area contributed by atoms with Gasteiger partial charge in [-0.25, -0.2) is 9.37 Å². The molecule has 0 radical (unpaired) electrons. The van der Waals surface area contributed by atoms with Gasteiger partial charge in [-0.05, 0) is 50.0 Å². The molecule has 1 amide bonds. The monoisotopic (exact) mass is 416 g/mol. The first kappa shape index (κ1) is 19.0. The van der Waals surface area contributed by atoms with Crippen molar-refractivity contribution in [2.75, 3.05) is 0 Å². The molecule has 1 aromatic heterocycles. The molecular formula is C22H25FN2O3S. The number of rotatable bonds is 6. The molecule has 0 unspecified atom stereocenters. The number of benzene rings is 1. The quantitative estimate of drug-likeness (QED) is 0.765. The van der Waals surface area contributed by atoms with E-state index >= 15 is 0 Å². The lowest BCUT2D eigenvalue weighted by atomic mass is 9.49. The zero-order valence-electron chi connectivity index (χ0n) is 16.4. The Morgan fingerprint density at radius 2 is 2.00 bits per heavy atom. The van der Waals surface area contributed by atoms with Gasteiger partial charge < -0.3 is 10.1 Å².